The molecule has 1 aromatic rings. The van der Waals surface area contributed by atoms with Gasteiger partial charge in [0.15, 0.2) is 0 Å². The second-order valence-corrected chi connectivity index (χ2v) is 6.17. The van der Waals surface area contributed by atoms with E-state index in [4.69, 9.17) is 0 Å². The van der Waals surface area contributed by atoms with Gasteiger partial charge in [-0.2, -0.15) is 0 Å². The molecule has 0 radical (unpaired) electrons. The Morgan fingerprint density at radius 1 is 1.38 bits per heavy atom. The van der Waals surface area contributed by atoms with Crippen LogP contribution in [0.1, 0.15) is 70.7 Å². The van der Waals surface area contributed by atoms with Crippen LogP contribution in [-0.2, 0) is 4.79 Å². The van der Waals surface area contributed by atoms with E-state index in [2.05, 4.69) is 30.2 Å². The predicted molar refractivity (Wildman–Crippen MR) is 85.2 cm³/mol. The van der Waals surface area contributed by atoms with Gasteiger partial charge in [0.05, 0.1) is 0 Å². The molecule has 0 saturated heterocycles. The van der Waals surface area contributed by atoms with Gasteiger partial charge in [-0.3, -0.25) is 4.79 Å². The lowest BCUT2D eigenvalue weighted by Crippen LogP contribution is -2.32. The third-order valence-corrected chi connectivity index (χ3v) is 4.14. The molecule has 4 nitrogen and oxygen atoms in total. The maximum Gasteiger partial charge on any atom is 0.242 e. The molecule has 116 valence electrons. The molecule has 1 amide bonds. The largest absolute Gasteiger partial charge is 0.354 e. The van der Waals surface area contributed by atoms with Crippen LogP contribution in [0, 0.1) is 0 Å². The second kappa shape index (κ2) is 7.43. The minimum Gasteiger partial charge on any atom is -0.354 e. The summed E-state index contributed by atoms with van der Waals surface area (Å²) in [6.07, 6.45) is 12.0. The topological polar surface area (TPSA) is 46.9 Å². The number of aromatic nitrogens is 2. The molecule has 0 aliphatic heterocycles. The Balaban J connectivity index is 1.85. The molecule has 1 heterocycles. The number of amides is 1. The first-order valence-corrected chi connectivity index (χ1v) is 8.08. The van der Waals surface area contributed by atoms with Crippen LogP contribution in [0.15, 0.2) is 24.0 Å². The number of rotatable bonds is 6. The number of carbonyl (C=O) groups excluding carboxylic acids is 1. The van der Waals surface area contributed by atoms with Gasteiger partial charge >= 0.3 is 0 Å². The number of imidazole rings is 1. The molecule has 1 aliphatic carbocycles. The van der Waals surface area contributed by atoms with Crippen LogP contribution in [0.3, 0.4) is 0 Å². The van der Waals surface area contributed by atoms with Crippen LogP contribution in [0.25, 0.3) is 0 Å². The summed E-state index contributed by atoms with van der Waals surface area (Å²) < 4.78 is 1.97. The highest BCUT2D eigenvalue weighted by molar-refractivity contribution is 5.79. The molecule has 0 unspecified atom stereocenters. The molecular formula is C17H27N3O. The van der Waals surface area contributed by atoms with Crippen LogP contribution in [-0.4, -0.2) is 22.0 Å². The molecule has 0 saturated carbocycles. The molecule has 0 aromatic carbocycles. The molecule has 1 N–H and O–H groups in total. The van der Waals surface area contributed by atoms with Crippen LogP contribution < -0.4 is 5.32 Å². The lowest BCUT2D eigenvalue weighted by atomic mass is 9.97. The van der Waals surface area contributed by atoms with Gasteiger partial charge in [-0.1, -0.05) is 25.5 Å². The minimum atomic E-state index is -0.203. The average molecular weight is 289 g/mol. The van der Waals surface area contributed by atoms with Gasteiger partial charge in [0.25, 0.3) is 0 Å². The smallest absolute Gasteiger partial charge is 0.242 e. The van der Waals surface area contributed by atoms with Gasteiger partial charge in [-0.15, -0.1) is 0 Å². The molecule has 1 aliphatic rings. The number of hydrogen-bond donors (Lipinski definition) is 1. The quantitative estimate of drug-likeness (QED) is 0.814. The maximum absolute atomic E-state index is 12.3. The van der Waals surface area contributed by atoms with Crippen molar-refractivity contribution in [1.82, 2.24) is 14.9 Å². The van der Waals surface area contributed by atoms with Gasteiger partial charge in [-0.25, -0.2) is 4.98 Å². The third kappa shape index (κ3) is 4.19. The lowest BCUT2D eigenvalue weighted by Gasteiger charge is -2.18. The summed E-state index contributed by atoms with van der Waals surface area (Å²) in [5.74, 6) is 1.36. The average Bonchev–Trinajstić information content (AvgIpc) is 2.97. The molecule has 2 rings (SSSR count). The molecule has 0 bridgehead atoms. The summed E-state index contributed by atoms with van der Waals surface area (Å²) in [6, 6.07) is -0.203. The Morgan fingerprint density at radius 3 is 2.86 bits per heavy atom. The van der Waals surface area contributed by atoms with Gasteiger partial charge in [0, 0.05) is 24.9 Å². The van der Waals surface area contributed by atoms with Crippen molar-refractivity contribution < 1.29 is 4.79 Å². The van der Waals surface area contributed by atoms with Crippen molar-refractivity contribution >= 4 is 5.91 Å². The zero-order valence-corrected chi connectivity index (χ0v) is 13.4. The summed E-state index contributed by atoms with van der Waals surface area (Å²) in [7, 11) is 0. The van der Waals surface area contributed by atoms with Gasteiger partial charge in [-0.05, 0) is 39.0 Å². The molecule has 0 spiro atoms. The van der Waals surface area contributed by atoms with Crippen molar-refractivity contribution in [3.05, 3.63) is 29.9 Å². The van der Waals surface area contributed by atoms with Gasteiger partial charge in [0.1, 0.15) is 11.9 Å². The van der Waals surface area contributed by atoms with E-state index in [1.54, 1.807) is 6.20 Å². The van der Waals surface area contributed by atoms with E-state index in [-0.39, 0.29) is 11.9 Å². The monoisotopic (exact) mass is 289 g/mol. The molecule has 0 fully saturated rings. The Morgan fingerprint density at radius 2 is 2.19 bits per heavy atom. The number of allylic oxidation sites excluding steroid dienone is 1. The highest BCUT2D eigenvalue weighted by atomic mass is 16.2. The number of nitrogens with one attached hydrogen (secondary N) is 1. The Kier molecular flexibility index (Phi) is 5.59. The molecular weight excluding hydrogens is 262 g/mol. The van der Waals surface area contributed by atoms with Crippen molar-refractivity contribution in [2.24, 2.45) is 0 Å². The highest BCUT2D eigenvalue weighted by Gasteiger charge is 2.18. The van der Waals surface area contributed by atoms with Crippen molar-refractivity contribution in [2.75, 3.05) is 6.54 Å². The SMILES string of the molecule is CC(C)c1nccn1[C@@H](C)C(=O)NCCC1=CCCCC1. The predicted octanol–water partition coefficient (Wildman–Crippen LogP) is 3.57. The van der Waals surface area contributed by atoms with Crippen LogP contribution in [0.5, 0.6) is 0 Å². The normalized spacial score (nSPS) is 16.7. The fourth-order valence-electron chi connectivity index (χ4n) is 2.85. The second-order valence-electron chi connectivity index (χ2n) is 6.17. The molecule has 1 atom stereocenters. The summed E-state index contributed by atoms with van der Waals surface area (Å²) >= 11 is 0. The van der Waals surface area contributed by atoms with Crippen molar-refractivity contribution in [2.45, 2.75) is 64.8 Å². The van der Waals surface area contributed by atoms with E-state index in [0.29, 0.717) is 5.92 Å². The van der Waals surface area contributed by atoms with E-state index in [1.807, 2.05) is 17.7 Å². The lowest BCUT2D eigenvalue weighted by molar-refractivity contribution is -0.123. The highest BCUT2D eigenvalue weighted by Crippen LogP contribution is 2.20. The first kappa shape index (κ1) is 15.8. The van der Waals surface area contributed by atoms with Crippen molar-refractivity contribution in [3.8, 4) is 0 Å². The van der Waals surface area contributed by atoms with Gasteiger partial charge < -0.3 is 9.88 Å². The van der Waals surface area contributed by atoms with E-state index < -0.39 is 0 Å². The summed E-state index contributed by atoms with van der Waals surface area (Å²) in [4.78, 5) is 16.6. The maximum atomic E-state index is 12.3. The van der Waals surface area contributed by atoms with Gasteiger partial charge in [0.2, 0.25) is 5.91 Å². The van der Waals surface area contributed by atoms with E-state index >= 15 is 0 Å². The van der Waals surface area contributed by atoms with Crippen molar-refractivity contribution in [3.63, 3.8) is 0 Å². The van der Waals surface area contributed by atoms with E-state index in [1.165, 1.54) is 31.3 Å². The number of nitrogens with zero attached hydrogens (tertiary/aromatic N) is 2. The number of hydrogen-bond acceptors (Lipinski definition) is 2. The van der Waals surface area contributed by atoms with E-state index in [9.17, 15) is 4.79 Å². The first-order chi connectivity index (χ1) is 10.1. The van der Waals surface area contributed by atoms with E-state index in [0.717, 1.165) is 18.8 Å². The van der Waals surface area contributed by atoms with Crippen LogP contribution in [0.4, 0.5) is 0 Å². The Labute approximate surface area is 127 Å². The Bertz CT molecular complexity index is 502. The first-order valence-electron chi connectivity index (χ1n) is 8.08. The molecule has 4 heteroatoms. The Hall–Kier alpha value is -1.58. The third-order valence-electron chi connectivity index (χ3n) is 4.14. The summed E-state index contributed by atoms with van der Waals surface area (Å²) in [6.45, 7) is 6.86. The standard InChI is InChI=1S/C17H27N3O/c1-13(2)16-18-11-12-20(16)14(3)17(21)19-10-9-15-7-5-4-6-8-15/h7,11-14H,4-6,8-10H2,1-3H3,(H,19,21)/t14-/m0/s1. The number of carbonyl (C=O) groups is 1. The fourth-order valence-corrected chi connectivity index (χ4v) is 2.85. The molecule has 1 aromatic heterocycles. The summed E-state index contributed by atoms with van der Waals surface area (Å²) in [5.41, 5.74) is 1.50. The fraction of sp³-hybridized carbons (Fsp3) is 0.647. The van der Waals surface area contributed by atoms with Crippen LogP contribution >= 0.6 is 0 Å². The minimum absolute atomic E-state index is 0.0753. The zero-order valence-electron chi connectivity index (χ0n) is 13.4. The molecule has 21 heavy (non-hydrogen) atoms. The van der Waals surface area contributed by atoms with Crippen molar-refractivity contribution in [1.29, 1.82) is 0 Å². The van der Waals surface area contributed by atoms with Crippen LogP contribution in [0.2, 0.25) is 0 Å². The summed E-state index contributed by atoms with van der Waals surface area (Å²) in [5, 5.41) is 3.06. The zero-order chi connectivity index (χ0) is 15.2.